The van der Waals surface area contributed by atoms with E-state index in [0.29, 0.717) is 18.8 Å². The Balaban J connectivity index is 1.99. The highest BCUT2D eigenvalue weighted by atomic mass is 16.4. The van der Waals surface area contributed by atoms with Gasteiger partial charge in [0.15, 0.2) is 0 Å². The van der Waals surface area contributed by atoms with Gasteiger partial charge in [-0.3, -0.25) is 4.79 Å². The highest BCUT2D eigenvalue weighted by Gasteiger charge is 2.56. The van der Waals surface area contributed by atoms with E-state index in [1.807, 2.05) is 6.92 Å². The van der Waals surface area contributed by atoms with Crippen LogP contribution in [-0.2, 0) is 9.59 Å². The van der Waals surface area contributed by atoms with Crippen LogP contribution in [0.25, 0.3) is 0 Å². The van der Waals surface area contributed by atoms with Crippen LogP contribution in [0.3, 0.4) is 0 Å². The number of aliphatic hydroxyl groups is 1. The van der Waals surface area contributed by atoms with E-state index in [1.54, 1.807) is 0 Å². The molecule has 4 atom stereocenters. The maximum Gasteiger partial charge on any atom is 0.326 e. The van der Waals surface area contributed by atoms with Gasteiger partial charge >= 0.3 is 5.97 Å². The molecule has 1 saturated heterocycles. The van der Waals surface area contributed by atoms with Gasteiger partial charge in [0.1, 0.15) is 12.1 Å². The predicted octanol–water partition coefficient (Wildman–Crippen LogP) is 0.611. The Bertz CT molecular complexity index is 330. The second-order valence-electron chi connectivity index (χ2n) is 5.06. The van der Waals surface area contributed by atoms with Crippen molar-refractivity contribution in [3.8, 4) is 0 Å². The minimum atomic E-state index is -1.03. The van der Waals surface area contributed by atoms with E-state index < -0.39 is 24.0 Å². The number of amides is 1. The van der Waals surface area contributed by atoms with Crippen molar-refractivity contribution >= 4 is 11.9 Å². The van der Waals surface area contributed by atoms with Gasteiger partial charge in [-0.1, -0.05) is 19.8 Å². The van der Waals surface area contributed by atoms with Crippen LogP contribution in [0.2, 0.25) is 0 Å². The van der Waals surface area contributed by atoms with Crippen LogP contribution in [0.15, 0.2) is 0 Å². The summed E-state index contributed by atoms with van der Waals surface area (Å²) in [6.45, 7) is 1.99. The van der Waals surface area contributed by atoms with Crippen LogP contribution in [-0.4, -0.2) is 45.2 Å². The van der Waals surface area contributed by atoms with Crippen molar-refractivity contribution in [2.24, 2.45) is 5.92 Å². The average molecular weight is 241 g/mol. The lowest BCUT2D eigenvalue weighted by molar-refractivity contribution is -0.153. The number of unbranched alkanes of at least 4 members (excludes halogenated alkanes) is 1. The Labute approximate surface area is 100 Å². The molecule has 1 saturated carbocycles. The van der Waals surface area contributed by atoms with E-state index in [2.05, 4.69) is 0 Å². The zero-order valence-electron chi connectivity index (χ0n) is 10.0. The predicted molar refractivity (Wildman–Crippen MR) is 60.3 cm³/mol. The van der Waals surface area contributed by atoms with E-state index >= 15 is 0 Å². The maximum absolute atomic E-state index is 12.0. The van der Waals surface area contributed by atoms with E-state index in [0.717, 1.165) is 19.3 Å². The molecule has 2 N–H and O–H groups in total. The van der Waals surface area contributed by atoms with Gasteiger partial charge in [-0.15, -0.1) is 0 Å². The van der Waals surface area contributed by atoms with Gasteiger partial charge in [0.25, 0.3) is 5.91 Å². The molecule has 0 radical (unpaired) electrons. The third-order valence-corrected chi connectivity index (χ3v) is 3.76. The highest BCUT2D eigenvalue weighted by molar-refractivity contribution is 5.87. The lowest BCUT2D eigenvalue weighted by Gasteiger charge is -2.26. The largest absolute Gasteiger partial charge is 0.480 e. The molecule has 0 bridgehead atoms. The summed E-state index contributed by atoms with van der Waals surface area (Å²) in [6.07, 6.45) is 2.54. The number of likely N-dealkylation sites (tertiary alicyclic amines) is 1. The van der Waals surface area contributed by atoms with Gasteiger partial charge in [-0.2, -0.15) is 0 Å². The van der Waals surface area contributed by atoms with Crippen LogP contribution in [0.5, 0.6) is 0 Å². The lowest BCUT2D eigenvalue weighted by Crippen LogP contribution is -2.47. The highest BCUT2D eigenvalue weighted by Crippen LogP contribution is 2.48. The zero-order valence-corrected chi connectivity index (χ0v) is 10.0. The van der Waals surface area contributed by atoms with Gasteiger partial charge in [0.2, 0.25) is 0 Å². The number of hydrogen-bond acceptors (Lipinski definition) is 3. The SMILES string of the molecule is CCCC[C@@H](O)C(=O)N1[C@H](C(=O)O)C[C@@H]2C[C@@H]21. The molecule has 1 amide bonds. The van der Waals surface area contributed by atoms with Crippen LogP contribution in [0, 0.1) is 5.92 Å². The molecule has 5 heteroatoms. The minimum absolute atomic E-state index is 0.0693. The molecule has 2 rings (SSSR count). The molecular formula is C12H19NO4. The number of carbonyl (C=O) groups is 2. The van der Waals surface area contributed by atoms with Gasteiger partial charge in [-0.25, -0.2) is 4.79 Å². The summed E-state index contributed by atoms with van der Waals surface area (Å²) in [5.74, 6) is -0.998. The molecule has 0 unspecified atom stereocenters. The number of nitrogens with zero attached hydrogens (tertiary/aromatic N) is 1. The smallest absolute Gasteiger partial charge is 0.326 e. The monoisotopic (exact) mass is 241 g/mol. The van der Waals surface area contributed by atoms with E-state index in [4.69, 9.17) is 5.11 Å². The number of fused-ring (bicyclic) bond motifs is 1. The number of carboxylic acids is 1. The molecular weight excluding hydrogens is 222 g/mol. The first-order valence-electron chi connectivity index (χ1n) is 6.29. The Kier molecular flexibility index (Phi) is 3.38. The normalized spacial score (nSPS) is 32.1. The molecule has 2 fully saturated rings. The topological polar surface area (TPSA) is 77.8 Å². The van der Waals surface area contributed by atoms with Crippen LogP contribution in [0.1, 0.15) is 39.0 Å². The summed E-state index contributed by atoms with van der Waals surface area (Å²) in [5.41, 5.74) is 0. The summed E-state index contributed by atoms with van der Waals surface area (Å²) >= 11 is 0. The Morgan fingerprint density at radius 2 is 2.12 bits per heavy atom. The summed E-state index contributed by atoms with van der Waals surface area (Å²) in [6, 6.07) is -0.651. The number of carbonyl (C=O) groups excluding carboxylic acids is 1. The number of carboxylic acid groups (broad SMARTS) is 1. The average Bonchev–Trinajstić information content (AvgIpc) is 2.96. The van der Waals surface area contributed by atoms with E-state index in [9.17, 15) is 14.7 Å². The summed E-state index contributed by atoms with van der Waals surface area (Å²) in [5, 5.41) is 18.8. The number of piperidine rings is 1. The maximum atomic E-state index is 12.0. The number of rotatable bonds is 5. The molecule has 0 aromatic rings. The van der Waals surface area contributed by atoms with Crippen molar-refractivity contribution in [1.29, 1.82) is 0 Å². The summed E-state index contributed by atoms with van der Waals surface area (Å²) in [7, 11) is 0. The van der Waals surface area contributed by atoms with Crippen molar-refractivity contribution in [2.45, 2.75) is 57.2 Å². The van der Waals surface area contributed by atoms with Crippen LogP contribution in [0.4, 0.5) is 0 Å². The van der Waals surface area contributed by atoms with Crippen molar-refractivity contribution in [3.63, 3.8) is 0 Å². The van der Waals surface area contributed by atoms with E-state index in [-0.39, 0.29) is 6.04 Å². The Morgan fingerprint density at radius 3 is 2.71 bits per heavy atom. The first-order valence-corrected chi connectivity index (χ1v) is 6.29. The Hall–Kier alpha value is -1.10. The quantitative estimate of drug-likeness (QED) is 0.739. The fraction of sp³-hybridized carbons (Fsp3) is 0.833. The summed E-state index contributed by atoms with van der Waals surface area (Å²) in [4.78, 5) is 24.5. The van der Waals surface area contributed by atoms with Crippen molar-refractivity contribution in [3.05, 3.63) is 0 Å². The molecule has 5 nitrogen and oxygen atoms in total. The van der Waals surface area contributed by atoms with E-state index in [1.165, 1.54) is 4.90 Å². The fourth-order valence-corrected chi connectivity index (χ4v) is 2.69. The zero-order chi connectivity index (χ0) is 12.6. The number of aliphatic hydroxyl groups excluding tert-OH is 1. The number of hydrogen-bond donors (Lipinski definition) is 2. The molecule has 17 heavy (non-hydrogen) atoms. The lowest BCUT2D eigenvalue weighted by atomic mass is 10.1. The standard InChI is InChI=1S/C12H19NO4/c1-2-3-4-10(14)11(15)13-8-5-7(8)6-9(13)12(16)17/h7-10,14H,2-6H2,1H3,(H,16,17)/t7-,8-,9-,10+/m0/s1. The van der Waals surface area contributed by atoms with Gasteiger partial charge in [0.05, 0.1) is 0 Å². The van der Waals surface area contributed by atoms with Crippen molar-refractivity contribution in [2.75, 3.05) is 0 Å². The van der Waals surface area contributed by atoms with Gasteiger partial charge < -0.3 is 15.1 Å². The molecule has 1 aliphatic heterocycles. The molecule has 0 spiro atoms. The second kappa shape index (κ2) is 4.64. The summed E-state index contributed by atoms with van der Waals surface area (Å²) < 4.78 is 0. The van der Waals surface area contributed by atoms with Crippen LogP contribution < -0.4 is 0 Å². The van der Waals surface area contributed by atoms with Crippen molar-refractivity contribution in [1.82, 2.24) is 4.90 Å². The minimum Gasteiger partial charge on any atom is -0.480 e. The molecule has 0 aromatic heterocycles. The number of aliphatic carboxylic acids is 1. The molecule has 1 heterocycles. The molecule has 2 aliphatic rings. The first kappa shape index (κ1) is 12.4. The molecule has 96 valence electrons. The fourth-order valence-electron chi connectivity index (χ4n) is 2.69. The molecule has 1 aliphatic carbocycles. The molecule has 0 aromatic carbocycles. The van der Waals surface area contributed by atoms with Gasteiger partial charge in [-0.05, 0) is 25.2 Å². The Morgan fingerprint density at radius 1 is 1.41 bits per heavy atom. The third-order valence-electron chi connectivity index (χ3n) is 3.76. The van der Waals surface area contributed by atoms with Gasteiger partial charge in [0, 0.05) is 6.04 Å². The third kappa shape index (κ3) is 2.29. The first-order chi connectivity index (χ1) is 8.06. The van der Waals surface area contributed by atoms with Crippen molar-refractivity contribution < 1.29 is 19.8 Å². The second-order valence-corrected chi connectivity index (χ2v) is 5.06. The van der Waals surface area contributed by atoms with Crippen LogP contribution >= 0.6 is 0 Å².